The van der Waals surface area contributed by atoms with E-state index in [0.717, 1.165) is 29.9 Å². The molecule has 0 atom stereocenters. The SMILES string of the molecule is CCN(Cc1ccccn1)Cc1nc2ccc(N)cc2o1. The lowest BCUT2D eigenvalue weighted by molar-refractivity contribution is 0.242. The minimum atomic E-state index is 0.654. The molecule has 2 heterocycles. The Labute approximate surface area is 123 Å². The van der Waals surface area contributed by atoms with Crippen molar-refractivity contribution >= 4 is 16.8 Å². The molecule has 0 bridgehead atoms. The number of aromatic nitrogens is 2. The fraction of sp³-hybridized carbons (Fsp3) is 0.250. The van der Waals surface area contributed by atoms with Gasteiger partial charge in [0.25, 0.3) is 0 Å². The highest BCUT2D eigenvalue weighted by atomic mass is 16.3. The topological polar surface area (TPSA) is 68.2 Å². The second kappa shape index (κ2) is 5.93. The Morgan fingerprint density at radius 2 is 2.10 bits per heavy atom. The number of benzene rings is 1. The molecule has 0 spiro atoms. The predicted molar refractivity (Wildman–Crippen MR) is 82.4 cm³/mol. The molecule has 5 nitrogen and oxygen atoms in total. The Hall–Kier alpha value is -2.40. The molecule has 0 fully saturated rings. The van der Waals surface area contributed by atoms with Gasteiger partial charge in [0.15, 0.2) is 5.58 Å². The molecule has 0 saturated heterocycles. The van der Waals surface area contributed by atoms with E-state index < -0.39 is 0 Å². The summed E-state index contributed by atoms with van der Waals surface area (Å²) in [6, 6.07) is 11.5. The molecule has 3 rings (SSSR count). The molecule has 108 valence electrons. The van der Waals surface area contributed by atoms with Crippen LogP contribution in [0.15, 0.2) is 47.0 Å². The lowest BCUT2D eigenvalue weighted by Crippen LogP contribution is -2.22. The fourth-order valence-electron chi connectivity index (χ4n) is 2.25. The summed E-state index contributed by atoms with van der Waals surface area (Å²) < 4.78 is 5.77. The van der Waals surface area contributed by atoms with E-state index in [0.29, 0.717) is 18.1 Å². The largest absolute Gasteiger partial charge is 0.439 e. The highest BCUT2D eigenvalue weighted by Gasteiger charge is 2.11. The van der Waals surface area contributed by atoms with Gasteiger partial charge in [-0.2, -0.15) is 0 Å². The van der Waals surface area contributed by atoms with Crippen molar-refractivity contribution in [2.75, 3.05) is 12.3 Å². The van der Waals surface area contributed by atoms with Gasteiger partial charge in [0.2, 0.25) is 5.89 Å². The maximum atomic E-state index is 5.77. The molecule has 0 aliphatic carbocycles. The summed E-state index contributed by atoms with van der Waals surface area (Å²) in [7, 11) is 0. The molecule has 0 saturated carbocycles. The molecule has 0 aliphatic rings. The van der Waals surface area contributed by atoms with Crippen LogP contribution in [0.1, 0.15) is 18.5 Å². The molecule has 2 aromatic heterocycles. The summed E-state index contributed by atoms with van der Waals surface area (Å²) in [4.78, 5) is 11.1. The average Bonchev–Trinajstić information content (AvgIpc) is 2.89. The van der Waals surface area contributed by atoms with E-state index in [-0.39, 0.29) is 0 Å². The van der Waals surface area contributed by atoms with Crippen LogP contribution in [0.5, 0.6) is 0 Å². The number of nitrogen functional groups attached to an aromatic ring is 1. The first-order valence-electron chi connectivity index (χ1n) is 7.02. The molecule has 1 aromatic carbocycles. The third kappa shape index (κ3) is 3.20. The second-order valence-electron chi connectivity index (χ2n) is 4.96. The van der Waals surface area contributed by atoms with Gasteiger partial charge < -0.3 is 10.2 Å². The van der Waals surface area contributed by atoms with Crippen LogP contribution in [-0.4, -0.2) is 21.4 Å². The minimum Gasteiger partial charge on any atom is -0.439 e. The van der Waals surface area contributed by atoms with Crippen LogP contribution in [0.2, 0.25) is 0 Å². The zero-order valence-electron chi connectivity index (χ0n) is 12.0. The number of pyridine rings is 1. The number of hydrogen-bond donors (Lipinski definition) is 1. The van der Waals surface area contributed by atoms with Crippen LogP contribution < -0.4 is 5.73 Å². The third-order valence-electron chi connectivity index (χ3n) is 3.37. The molecule has 21 heavy (non-hydrogen) atoms. The van der Waals surface area contributed by atoms with Crippen LogP contribution in [-0.2, 0) is 13.1 Å². The second-order valence-corrected chi connectivity index (χ2v) is 4.96. The molecule has 0 aliphatic heterocycles. The van der Waals surface area contributed by atoms with Gasteiger partial charge in [-0.3, -0.25) is 9.88 Å². The van der Waals surface area contributed by atoms with Gasteiger partial charge in [-0.05, 0) is 30.8 Å². The summed E-state index contributed by atoms with van der Waals surface area (Å²) in [6.07, 6.45) is 1.81. The van der Waals surface area contributed by atoms with E-state index in [1.54, 1.807) is 6.07 Å². The van der Waals surface area contributed by atoms with Crippen LogP contribution in [0, 0.1) is 0 Å². The first-order valence-corrected chi connectivity index (χ1v) is 7.02. The van der Waals surface area contributed by atoms with Crippen LogP contribution in [0.25, 0.3) is 11.1 Å². The van der Waals surface area contributed by atoms with Crippen molar-refractivity contribution in [2.24, 2.45) is 0 Å². The molecule has 0 unspecified atom stereocenters. The monoisotopic (exact) mass is 282 g/mol. The lowest BCUT2D eigenvalue weighted by Gasteiger charge is -2.17. The predicted octanol–water partition coefficient (Wildman–Crippen LogP) is 2.83. The molecule has 3 aromatic rings. The lowest BCUT2D eigenvalue weighted by atomic mass is 10.3. The summed E-state index contributed by atoms with van der Waals surface area (Å²) in [6.45, 7) is 4.45. The molecule has 0 radical (unpaired) electrons. The normalized spacial score (nSPS) is 11.3. The van der Waals surface area contributed by atoms with Crippen LogP contribution >= 0.6 is 0 Å². The van der Waals surface area contributed by atoms with Crippen LogP contribution in [0.4, 0.5) is 5.69 Å². The molecule has 0 amide bonds. The smallest absolute Gasteiger partial charge is 0.209 e. The van der Waals surface area contributed by atoms with Gasteiger partial charge in [0.05, 0.1) is 12.2 Å². The summed E-state index contributed by atoms with van der Waals surface area (Å²) in [5.41, 5.74) is 9.06. The van der Waals surface area contributed by atoms with E-state index in [9.17, 15) is 0 Å². The van der Waals surface area contributed by atoms with Crippen molar-refractivity contribution in [3.63, 3.8) is 0 Å². The summed E-state index contributed by atoms with van der Waals surface area (Å²) >= 11 is 0. The minimum absolute atomic E-state index is 0.654. The number of nitrogens with two attached hydrogens (primary N) is 1. The van der Waals surface area contributed by atoms with E-state index in [2.05, 4.69) is 21.8 Å². The van der Waals surface area contributed by atoms with Crippen molar-refractivity contribution in [3.05, 3.63) is 54.2 Å². The zero-order valence-corrected chi connectivity index (χ0v) is 12.0. The Morgan fingerprint density at radius 3 is 2.86 bits per heavy atom. The van der Waals surface area contributed by atoms with E-state index >= 15 is 0 Å². The number of hydrogen-bond acceptors (Lipinski definition) is 5. The molecular weight excluding hydrogens is 264 g/mol. The quantitative estimate of drug-likeness (QED) is 0.729. The number of rotatable bonds is 5. The zero-order chi connectivity index (χ0) is 14.7. The Bertz CT molecular complexity index is 723. The van der Waals surface area contributed by atoms with Crippen molar-refractivity contribution in [3.8, 4) is 0 Å². The summed E-state index contributed by atoms with van der Waals surface area (Å²) in [5, 5.41) is 0. The van der Waals surface area contributed by atoms with E-state index in [1.807, 2.05) is 36.5 Å². The molecular formula is C16H18N4O. The Balaban J connectivity index is 1.76. The number of nitrogens with zero attached hydrogens (tertiary/aromatic N) is 3. The molecule has 2 N–H and O–H groups in total. The standard InChI is InChI=1S/C16H18N4O/c1-2-20(10-13-5-3-4-8-18-13)11-16-19-14-7-6-12(17)9-15(14)21-16/h3-9H,2,10-11,17H2,1H3. The third-order valence-corrected chi connectivity index (χ3v) is 3.37. The van der Waals surface area contributed by atoms with Gasteiger partial charge in [-0.25, -0.2) is 4.98 Å². The maximum absolute atomic E-state index is 5.77. The Kier molecular flexibility index (Phi) is 3.83. The first kappa shape index (κ1) is 13.6. The van der Waals surface area contributed by atoms with E-state index in [4.69, 9.17) is 10.2 Å². The highest BCUT2D eigenvalue weighted by molar-refractivity contribution is 5.76. The molecule has 5 heteroatoms. The highest BCUT2D eigenvalue weighted by Crippen LogP contribution is 2.19. The number of oxazole rings is 1. The van der Waals surface area contributed by atoms with Gasteiger partial charge >= 0.3 is 0 Å². The maximum Gasteiger partial charge on any atom is 0.209 e. The van der Waals surface area contributed by atoms with Gasteiger partial charge in [0, 0.05) is 24.5 Å². The fourth-order valence-corrected chi connectivity index (χ4v) is 2.25. The Morgan fingerprint density at radius 1 is 1.19 bits per heavy atom. The van der Waals surface area contributed by atoms with Crippen molar-refractivity contribution < 1.29 is 4.42 Å². The van der Waals surface area contributed by atoms with Crippen molar-refractivity contribution in [1.29, 1.82) is 0 Å². The van der Waals surface area contributed by atoms with Crippen molar-refractivity contribution in [2.45, 2.75) is 20.0 Å². The van der Waals surface area contributed by atoms with Gasteiger partial charge in [-0.1, -0.05) is 13.0 Å². The summed E-state index contributed by atoms with van der Waals surface area (Å²) in [5.74, 6) is 0.702. The van der Waals surface area contributed by atoms with Gasteiger partial charge in [0.1, 0.15) is 5.52 Å². The number of anilines is 1. The van der Waals surface area contributed by atoms with Crippen molar-refractivity contribution in [1.82, 2.24) is 14.9 Å². The number of fused-ring (bicyclic) bond motifs is 1. The average molecular weight is 282 g/mol. The first-order chi connectivity index (χ1) is 10.2. The van der Waals surface area contributed by atoms with E-state index in [1.165, 1.54) is 0 Å². The van der Waals surface area contributed by atoms with Crippen LogP contribution in [0.3, 0.4) is 0 Å². The van der Waals surface area contributed by atoms with Gasteiger partial charge in [-0.15, -0.1) is 0 Å².